The van der Waals surface area contributed by atoms with E-state index in [1.807, 2.05) is 0 Å². The monoisotopic (exact) mass is 94.0 g/mol. The first-order valence-electron chi connectivity index (χ1n) is 1.20. The van der Waals surface area contributed by atoms with Crippen molar-refractivity contribution in [3.63, 3.8) is 0 Å². The Bertz CT molecular complexity index is 44.9. The van der Waals surface area contributed by atoms with Gasteiger partial charge < -0.3 is 0 Å². The molecule has 0 aliphatic heterocycles. The fraction of sp³-hybridized carbons (Fsp3) is 0.333. The Morgan fingerprint density at radius 2 is 2.20 bits per heavy atom. The molecule has 2 heteroatoms. The van der Waals surface area contributed by atoms with E-state index >= 15 is 0 Å². The van der Waals surface area contributed by atoms with E-state index in [0.717, 1.165) is 5.54 Å². The second kappa shape index (κ2) is 2.21. The second-order valence-electron chi connectivity index (χ2n) is 0.696. The number of hydrogen-bond acceptors (Lipinski definition) is 0. The third-order valence-electron chi connectivity index (χ3n) is 0.150. The molecule has 0 aromatic heterocycles. The molecule has 0 rings (SSSR count). The molecule has 0 nitrogen and oxygen atoms in total. The predicted octanol–water partition coefficient (Wildman–Crippen LogP) is 2.06. The Balaban J connectivity index is 3.14. The largest absolute Gasteiger partial charge is 0.211 e. The summed E-state index contributed by atoms with van der Waals surface area (Å²) in [7, 11) is 0. The van der Waals surface area contributed by atoms with Crippen LogP contribution in [-0.4, -0.2) is 0 Å². The van der Waals surface area contributed by atoms with Gasteiger partial charge in [0.1, 0.15) is 5.83 Å². The highest BCUT2D eigenvalue weighted by atomic mass is 35.5. The van der Waals surface area contributed by atoms with Crippen molar-refractivity contribution in [2.75, 3.05) is 0 Å². The molecule has 0 unspecified atom stereocenters. The Labute approximate surface area is 35.2 Å². The maximum absolute atomic E-state index is 11.2. The molecule has 0 aromatic carbocycles. The first-order valence-corrected chi connectivity index (χ1v) is 1.63. The van der Waals surface area contributed by atoms with E-state index in [0.29, 0.717) is 0 Å². The van der Waals surface area contributed by atoms with Crippen LogP contribution in [0.2, 0.25) is 0 Å². The van der Waals surface area contributed by atoms with Crippen LogP contribution in [0.4, 0.5) is 4.39 Å². The van der Waals surface area contributed by atoms with Crippen molar-refractivity contribution in [1.82, 2.24) is 0 Å². The number of rotatable bonds is 0. The van der Waals surface area contributed by atoms with Crippen molar-refractivity contribution in [3.05, 3.63) is 11.4 Å². The lowest BCUT2D eigenvalue weighted by atomic mass is 10.7. The number of hydrogen-bond donors (Lipinski definition) is 0. The first kappa shape index (κ1) is 4.96. The molecule has 30 valence electrons. The molecule has 5 heavy (non-hydrogen) atoms. The molecule has 0 aromatic rings. The minimum atomic E-state index is -0.355. The van der Waals surface area contributed by atoms with Gasteiger partial charge in [-0.3, -0.25) is 0 Å². The summed E-state index contributed by atoms with van der Waals surface area (Å²) >= 11 is 4.80. The van der Waals surface area contributed by atoms with Crippen LogP contribution >= 0.6 is 11.6 Å². The van der Waals surface area contributed by atoms with E-state index in [2.05, 4.69) is 0 Å². The van der Waals surface area contributed by atoms with Crippen LogP contribution in [0.15, 0.2) is 11.4 Å². The number of allylic oxidation sites excluding steroid dienone is 1. The van der Waals surface area contributed by atoms with Gasteiger partial charge in [0.2, 0.25) is 0 Å². The van der Waals surface area contributed by atoms with Gasteiger partial charge in [0.25, 0.3) is 0 Å². The normalized spacial score (nSPS) is 12.2. The molecule has 0 saturated heterocycles. The Kier molecular flexibility index (Phi) is 2.19. The van der Waals surface area contributed by atoms with Crippen LogP contribution in [0.25, 0.3) is 0 Å². The Hall–Kier alpha value is -0.0400. The summed E-state index contributed by atoms with van der Waals surface area (Å²) in [5.74, 6) is -0.355. The maximum atomic E-state index is 11.2. The zero-order chi connectivity index (χ0) is 4.28. The summed E-state index contributed by atoms with van der Waals surface area (Å²) in [6.45, 7) is 1.28. The fourth-order valence-electron chi connectivity index (χ4n) is 0. The third kappa shape index (κ3) is 3.96. The lowest BCUT2D eigenvalue weighted by molar-refractivity contribution is 0.643. The highest BCUT2D eigenvalue weighted by Gasteiger charge is 1.69. The molecule has 0 spiro atoms. The Morgan fingerprint density at radius 1 is 2.00 bits per heavy atom. The molecule has 0 bridgehead atoms. The minimum absolute atomic E-state index is 0.355. The van der Waals surface area contributed by atoms with Crippen molar-refractivity contribution in [1.29, 1.82) is 0 Å². The molecule has 0 N–H and O–H groups in total. The van der Waals surface area contributed by atoms with E-state index in [-0.39, 0.29) is 5.83 Å². The average Bonchev–Trinajstić information content (AvgIpc) is 1.38. The lowest BCUT2D eigenvalue weighted by Gasteiger charge is -1.66. The van der Waals surface area contributed by atoms with Crippen molar-refractivity contribution in [3.8, 4) is 0 Å². The van der Waals surface area contributed by atoms with E-state index in [1.165, 1.54) is 6.92 Å². The molecule has 0 fully saturated rings. The molecule has 0 saturated carbocycles. The summed E-state index contributed by atoms with van der Waals surface area (Å²) in [4.78, 5) is 0. The smallest absolute Gasteiger partial charge is 0.108 e. The molecule has 0 aliphatic rings. The lowest BCUT2D eigenvalue weighted by Crippen LogP contribution is -1.45. The van der Waals surface area contributed by atoms with E-state index in [4.69, 9.17) is 11.6 Å². The first-order chi connectivity index (χ1) is 2.27. The molecular formula is C3H4ClF. The molecule has 0 heterocycles. The van der Waals surface area contributed by atoms with Crippen molar-refractivity contribution < 1.29 is 4.39 Å². The van der Waals surface area contributed by atoms with Crippen LogP contribution in [0.3, 0.4) is 0 Å². The van der Waals surface area contributed by atoms with E-state index in [1.54, 1.807) is 0 Å². The van der Waals surface area contributed by atoms with Crippen LogP contribution in [0.5, 0.6) is 0 Å². The van der Waals surface area contributed by atoms with Gasteiger partial charge in [0.15, 0.2) is 0 Å². The van der Waals surface area contributed by atoms with Crippen LogP contribution in [-0.2, 0) is 0 Å². The number of halogens is 2. The quantitative estimate of drug-likeness (QED) is 0.431. The average molecular weight is 94.5 g/mol. The predicted molar refractivity (Wildman–Crippen MR) is 20.7 cm³/mol. The molecule has 0 radical (unpaired) electrons. The van der Waals surface area contributed by atoms with Gasteiger partial charge >= 0.3 is 0 Å². The van der Waals surface area contributed by atoms with Gasteiger partial charge in [0.05, 0.1) is 0 Å². The van der Waals surface area contributed by atoms with E-state index < -0.39 is 0 Å². The molecule has 0 aliphatic carbocycles. The zero-order valence-corrected chi connectivity index (χ0v) is 3.59. The Morgan fingerprint density at radius 3 is 2.20 bits per heavy atom. The van der Waals surface area contributed by atoms with Gasteiger partial charge in [-0.25, -0.2) is 4.39 Å². The summed E-state index contributed by atoms with van der Waals surface area (Å²) < 4.78 is 11.2. The van der Waals surface area contributed by atoms with Crippen LogP contribution in [0.1, 0.15) is 6.92 Å². The molecule has 0 atom stereocenters. The van der Waals surface area contributed by atoms with Crippen molar-refractivity contribution >= 4 is 11.6 Å². The van der Waals surface area contributed by atoms with Gasteiger partial charge in [0, 0.05) is 5.54 Å². The second-order valence-corrected chi connectivity index (χ2v) is 0.914. The molecular weight excluding hydrogens is 90.5 g/mol. The van der Waals surface area contributed by atoms with Gasteiger partial charge in [-0.1, -0.05) is 11.6 Å². The zero-order valence-electron chi connectivity index (χ0n) is 2.83. The highest BCUT2D eigenvalue weighted by molar-refractivity contribution is 6.25. The SMILES string of the molecule is C/C(F)=C/Cl. The summed E-state index contributed by atoms with van der Waals surface area (Å²) in [5.41, 5.74) is 0.889. The summed E-state index contributed by atoms with van der Waals surface area (Å²) in [5, 5.41) is 0. The molecule has 0 amide bonds. The topological polar surface area (TPSA) is 0 Å². The van der Waals surface area contributed by atoms with Gasteiger partial charge in [-0.2, -0.15) is 0 Å². The summed E-state index contributed by atoms with van der Waals surface area (Å²) in [6.07, 6.45) is 0. The van der Waals surface area contributed by atoms with Crippen LogP contribution in [0, 0.1) is 0 Å². The maximum Gasteiger partial charge on any atom is 0.108 e. The van der Waals surface area contributed by atoms with Crippen molar-refractivity contribution in [2.24, 2.45) is 0 Å². The van der Waals surface area contributed by atoms with E-state index in [9.17, 15) is 4.39 Å². The van der Waals surface area contributed by atoms with Crippen molar-refractivity contribution in [2.45, 2.75) is 6.92 Å². The van der Waals surface area contributed by atoms with Crippen LogP contribution < -0.4 is 0 Å². The standard InChI is InChI=1S/C3H4ClF/c1-3(5)2-4/h2H,1H3/b3-2-. The fourth-order valence-corrected chi connectivity index (χ4v) is 0. The third-order valence-corrected chi connectivity index (χ3v) is 0.451. The van der Waals surface area contributed by atoms with Gasteiger partial charge in [-0.05, 0) is 6.92 Å². The summed E-state index contributed by atoms with van der Waals surface area (Å²) in [6, 6.07) is 0. The highest BCUT2D eigenvalue weighted by Crippen LogP contribution is 1.92. The van der Waals surface area contributed by atoms with Gasteiger partial charge in [-0.15, -0.1) is 0 Å². The minimum Gasteiger partial charge on any atom is -0.211 e.